The number of nitrogens with zero attached hydrogens (tertiary/aromatic N) is 6. The number of carbonyl (C=O) groups excluding carboxylic acids is 2. The summed E-state index contributed by atoms with van der Waals surface area (Å²) >= 11 is 0. The summed E-state index contributed by atoms with van der Waals surface area (Å²) in [5, 5.41) is 0. The Labute approximate surface area is 280 Å². The molecule has 0 aliphatic heterocycles. The van der Waals surface area contributed by atoms with E-state index in [4.69, 9.17) is 9.47 Å². The zero-order valence-electron chi connectivity index (χ0n) is 27.6. The second kappa shape index (κ2) is 17.5. The standard InChI is InChI=1S/2C19H21N3O2/c1-2-24-19-21-18-16(12-8-14-20-18)22(19)17(23)13-7-6-11-15-9-4-3-5-10-15;1-2-24-19-21-16-12-8-14-20-18(16)22(19)17(23)13-7-6-11-15-9-4-3-5-10-15/h2*3-5,8-10,12,14H,2,6-7,11,13H2,1H3. The Morgan fingerprint density at radius 1 is 0.604 bits per heavy atom. The number of aromatic nitrogens is 6. The van der Waals surface area contributed by atoms with E-state index in [9.17, 15) is 9.59 Å². The van der Waals surface area contributed by atoms with Crippen molar-refractivity contribution in [2.75, 3.05) is 13.2 Å². The molecule has 0 fully saturated rings. The van der Waals surface area contributed by atoms with Crippen LogP contribution in [0.25, 0.3) is 22.3 Å². The summed E-state index contributed by atoms with van der Waals surface area (Å²) in [6.45, 7) is 4.68. The molecule has 6 rings (SSSR count). The lowest BCUT2D eigenvalue weighted by molar-refractivity contribution is 0.0881. The first-order valence-corrected chi connectivity index (χ1v) is 16.7. The number of ether oxygens (including phenoxy) is 2. The fraction of sp³-hybridized carbons (Fsp3) is 0.316. The molecule has 10 heteroatoms. The Morgan fingerprint density at radius 3 is 1.75 bits per heavy atom. The van der Waals surface area contributed by atoms with Crippen molar-refractivity contribution in [3.8, 4) is 12.0 Å². The lowest BCUT2D eigenvalue weighted by Gasteiger charge is -2.07. The monoisotopic (exact) mass is 646 g/mol. The van der Waals surface area contributed by atoms with Gasteiger partial charge in [0.15, 0.2) is 11.3 Å². The number of benzene rings is 2. The van der Waals surface area contributed by atoms with Crippen molar-refractivity contribution in [3.63, 3.8) is 0 Å². The summed E-state index contributed by atoms with van der Waals surface area (Å²) < 4.78 is 14.1. The maximum atomic E-state index is 12.6. The summed E-state index contributed by atoms with van der Waals surface area (Å²) in [6.07, 6.45) is 9.82. The van der Waals surface area contributed by atoms with Crippen LogP contribution in [0, 0.1) is 0 Å². The molecule has 0 amide bonds. The summed E-state index contributed by atoms with van der Waals surface area (Å²) in [5.74, 6) is -0.0188. The van der Waals surface area contributed by atoms with Crippen LogP contribution in [0.4, 0.5) is 0 Å². The summed E-state index contributed by atoms with van der Waals surface area (Å²) in [4.78, 5) is 42.4. The van der Waals surface area contributed by atoms with Crippen LogP contribution in [0.1, 0.15) is 73.1 Å². The molecule has 0 N–H and O–H groups in total. The average molecular weight is 647 g/mol. The molecule has 0 aliphatic rings. The first-order valence-electron chi connectivity index (χ1n) is 16.7. The Bertz CT molecular complexity index is 1760. The molecule has 0 radical (unpaired) electrons. The SMILES string of the molecule is CCOc1nc2cccnc2n1C(=O)CCCCc1ccccc1.CCOc1nc2ncccc2n1C(=O)CCCCc1ccccc1. The minimum Gasteiger partial charge on any atom is -0.465 e. The maximum Gasteiger partial charge on any atom is 0.305 e. The third-order valence-corrected chi connectivity index (χ3v) is 7.73. The third kappa shape index (κ3) is 8.90. The summed E-state index contributed by atoms with van der Waals surface area (Å²) in [5.41, 5.74) is 5.09. The molecule has 0 spiro atoms. The van der Waals surface area contributed by atoms with Crippen molar-refractivity contribution < 1.29 is 19.1 Å². The number of fused-ring (bicyclic) bond motifs is 2. The number of rotatable bonds is 14. The molecule has 0 unspecified atom stereocenters. The molecule has 0 aliphatic carbocycles. The van der Waals surface area contributed by atoms with E-state index in [-0.39, 0.29) is 11.8 Å². The van der Waals surface area contributed by atoms with Crippen molar-refractivity contribution in [2.45, 2.75) is 65.2 Å². The molecule has 0 saturated heterocycles. The van der Waals surface area contributed by atoms with E-state index in [1.165, 1.54) is 15.7 Å². The minimum atomic E-state index is -0.0206. The van der Waals surface area contributed by atoms with Crippen LogP contribution in [0.3, 0.4) is 0 Å². The molecular weight excluding hydrogens is 604 g/mol. The molecule has 48 heavy (non-hydrogen) atoms. The van der Waals surface area contributed by atoms with Crippen LogP contribution in [-0.4, -0.2) is 54.1 Å². The highest BCUT2D eigenvalue weighted by Crippen LogP contribution is 2.22. The molecule has 4 heterocycles. The van der Waals surface area contributed by atoms with E-state index in [1.54, 1.807) is 29.1 Å². The zero-order chi connectivity index (χ0) is 33.6. The van der Waals surface area contributed by atoms with Crippen molar-refractivity contribution >= 4 is 34.1 Å². The van der Waals surface area contributed by atoms with Crippen LogP contribution in [-0.2, 0) is 12.8 Å². The highest BCUT2D eigenvalue weighted by Gasteiger charge is 2.19. The van der Waals surface area contributed by atoms with Gasteiger partial charge in [0.25, 0.3) is 0 Å². The number of aryl methyl sites for hydroxylation is 2. The summed E-state index contributed by atoms with van der Waals surface area (Å²) in [7, 11) is 0. The van der Waals surface area contributed by atoms with Crippen LogP contribution in [0.5, 0.6) is 12.0 Å². The molecule has 10 nitrogen and oxygen atoms in total. The Morgan fingerprint density at radius 2 is 1.15 bits per heavy atom. The molecule has 4 aromatic heterocycles. The Hall–Kier alpha value is -5.38. The van der Waals surface area contributed by atoms with Gasteiger partial charge in [-0.1, -0.05) is 60.7 Å². The van der Waals surface area contributed by atoms with E-state index in [1.807, 2.05) is 62.4 Å². The third-order valence-electron chi connectivity index (χ3n) is 7.73. The van der Waals surface area contributed by atoms with Gasteiger partial charge in [-0.05, 0) is 87.8 Å². The van der Waals surface area contributed by atoms with Crippen molar-refractivity contribution in [1.29, 1.82) is 0 Å². The van der Waals surface area contributed by atoms with E-state index >= 15 is 0 Å². The van der Waals surface area contributed by atoms with Gasteiger partial charge in [0.05, 0.1) is 18.7 Å². The normalized spacial score (nSPS) is 10.9. The predicted molar refractivity (Wildman–Crippen MR) is 187 cm³/mol. The van der Waals surface area contributed by atoms with Crippen LogP contribution >= 0.6 is 0 Å². The van der Waals surface area contributed by atoms with Crippen molar-refractivity contribution in [3.05, 3.63) is 108 Å². The molecule has 6 aromatic rings. The number of unbranched alkanes of at least 4 members (excludes halogenated alkanes) is 2. The minimum absolute atomic E-state index is 0.00186. The number of imidazole rings is 2. The zero-order valence-corrected chi connectivity index (χ0v) is 27.6. The molecular formula is C38H42N6O4. The van der Waals surface area contributed by atoms with Gasteiger partial charge >= 0.3 is 12.0 Å². The number of hydrogen-bond acceptors (Lipinski definition) is 8. The Kier molecular flexibility index (Phi) is 12.4. The second-order valence-electron chi connectivity index (χ2n) is 11.2. The van der Waals surface area contributed by atoms with Gasteiger partial charge in [-0.25, -0.2) is 19.1 Å². The fourth-order valence-electron chi connectivity index (χ4n) is 5.43. The van der Waals surface area contributed by atoms with Gasteiger partial charge in [0.2, 0.25) is 11.8 Å². The fourth-order valence-corrected chi connectivity index (χ4v) is 5.43. The maximum absolute atomic E-state index is 12.6. The van der Waals surface area contributed by atoms with Crippen LogP contribution in [0.15, 0.2) is 97.3 Å². The summed E-state index contributed by atoms with van der Waals surface area (Å²) in [6, 6.07) is 28.6. The first kappa shape index (κ1) is 34.0. The Balaban J connectivity index is 0.000000188. The molecule has 0 atom stereocenters. The highest BCUT2D eigenvalue weighted by molar-refractivity contribution is 5.91. The van der Waals surface area contributed by atoms with Gasteiger partial charge in [-0.2, -0.15) is 9.97 Å². The number of carbonyl (C=O) groups is 2. The highest BCUT2D eigenvalue weighted by atomic mass is 16.5. The smallest absolute Gasteiger partial charge is 0.305 e. The lowest BCUT2D eigenvalue weighted by atomic mass is 10.1. The lowest BCUT2D eigenvalue weighted by Crippen LogP contribution is -2.13. The first-order chi connectivity index (χ1) is 23.6. The largest absolute Gasteiger partial charge is 0.465 e. The van der Waals surface area contributed by atoms with Gasteiger partial charge in [0, 0.05) is 25.2 Å². The average Bonchev–Trinajstić information content (AvgIpc) is 3.68. The molecule has 0 bridgehead atoms. The number of pyridine rings is 2. The van der Waals surface area contributed by atoms with Gasteiger partial charge in [0.1, 0.15) is 5.52 Å². The predicted octanol–water partition coefficient (Wildman–Crippen LogP) is 7.77. The van der Waals surface area contributed by atoms with Crippen LogP contribution < -0.4 is 9.47 Å². The molecule has 2 aromatic carbocycles. The number of hydrogen-bond donors (Lipinski definition) is 0. The van der Waals surface area contributed by atoms with Gasteiger partial charge < -0.3 is 9.47 Å². The topological polar surface area (TPSA) is 114 Å². The van der Waals surface area contributed by atoms with Gasteiger partial charge in [-0.3, -0.25) is 9.59 Å². The van der Waals surface area contributed by atoms with E-state index in [0.717, 1.165) is 38.5 Å². The van der Waals surface area contributed by atoms with E-state index < -0.39 is 0 Å². The second-order valence-corrected chi connectivity index (χ2v) is 11.2. The van der Waals surface area contributed by atoms with E-state index in [0.29, 0.717) is 60.4 Å². The van der Waals surface area contributed by atoms with E-state index in [2.05, 4.69) is 44.2 Å². The molecule has 248 valence electrons. The van der Waals surface area contributed by atoms with Crippen molar-refractivity contribution in [2.24, 2.45) is 0 Å². The van der Waals surface area contributed by atoms with Gasteiger partial charge in [-0.15, -0.1) is 0 Å². The molecule has 0 saturated carbocycles. The van der Waals surface area contributed by atoms with Crippen LogP contribution in [0.2, 0.25) is 0 Å². The quantitative estimate of drug-likeness (QED) is 0.110. The van der Waals surface area contributed by atoms with Crippen molar-refractivity contribution in [1.82, 2.24) is 29.1 Å².